The number of hydrogen-bond acceptors (Lipinski definition) is 4. The van der Waals surface area contributed by atoms with Crippen molar-refractivity contribution in [1.82, 2.24) is 4.90 Å². The largest absolute Gasteiger partial charge is 0.496 e. The van der Waals surface area contributed by atoms with E-state index in [4.69, 9.17) is 9.15 Å². The lowest BCUT2D eigenvalue weighted by Crippen LogP contribution is -2.32. The number of furan rings is 1. The summed E-state index contributed by atoms with van der Waals surface area (Å²) in [5.74, 6) is 6.66. The van der Waals surface area contributed by atoms with Gasteiger partial charge >= 0.3 is 0 Å². The summed E-state index contributed by atoms with van der Waals surface area (Å²) in [4.78, 5) is 14.8. The fourth-order valence-electron chi connectivity index (χ4n) is 2.65. The molecule has 1 aliphatic rings. The topological polar surface area (TPSA) is 62.9 Å². The van der Waals surface area contributed by atoms with E-state index in [9.17, 15) is 9.90 Å². The zero-order chi connectivity index (χ0) is 18.7. The standard InChI is InChI=1S/C21H23NO4/c1-21(2,24)13-12-17-10-11-19(26-17)20(23)22(16-8-9-16)14-15-6-4-5-7-18(15)25-3/h4-7,10-11,16,24H,8-9,14H2,1-3H3. The molecule has 0 radical (unpaired) electrons. The maximum atomic E-state index is 12.9. The molecule has 0 atom stereocenters. The Bertz CT molecular complexity index is 847. The number of rotatable bonds is 5. The number of methoxy groups -OCH3 is 1. The monoisotopic (exact) mass is 353 g/mol. The maximum absolute atomic E-state index is 12.9. The minimum Gasteiger partial charge on any atom is -0.496 e. The molecule has 1 saturated carbocycles. The smallest absolute Gasteiger partial charge is 0.290 e. The Kier molecular flexibility index (Phi) is 5.06. The van der Waals surface area contributed by atoms with Crippen molar-refractivity contribution < 1.29 is 19.1 Å². The summed E-state index contributed by atoms with van der Waals surface area (Å²) in [6, 6.07) is 11.2. The second-order valence-electron chi connectivity index (χ2n) is 6.95. The van der Waals surface area contributed by atoms with Crippen LogP contribution in [-0.4, -0.2) is 34.7 Å². The van der Waals surface area contributed by atoms with Crippen LogP contribution >= 0.6 is 0 Å². The van der Waals surface area contributed by atoms with Crippen molar-refractivity contribution in [3.05, 3.63) is 53.5 Å². The first-order valence-corrected chi connectivity index (χ1v) is 8.65. The van der Waals surface area contributed by atoms with Crippen molar-refractivity contribution in [2.24, 2.45) is 0 Å². The molecule has 0 aliphatic heterocycles. The van der Waals surface area contributed by atoms with Crippen molar-refractivity contribution in [2.45, 2.75) is 44.9 Å². The molecule has 0 unspecified atom stereocenters. The molecule has 1 amide bonds. The van der Waals surface area contributed by atoms with Crippen LogP contribution < -0.4 is 4.74 Å². The summed E-state index contributed by atoms with van der Waals surface area (Å²) in [6.07, 6.45) is 1.99. The van der Waals surface area contributed by atoms with E-state index < -0.39 is 5.60 Å². The molecule has 1 N–H and O–H groups in total. The number of ether oxygens (including phenoxy) is 1. The van der Waals surface area contributed by atoms with Gasteiger partial charge in [0.15, 0.2) is 11.5 Å². The van der Waals surface area contributed by atoms with Crippen molar-refractivity contribution in [2.75, 3.05) is 7.11 Å². The highest BCUT2D eigenvalue weighted by molar-refractivity contribution is 5.92. The van der Waals surface area contributed by atoms with Gasteiger partial charge in [0.05, 0.1) is 13.7 Å². The van der Waals surface area contributed by atoms with Crippen molar-refractivity contribution in [3.63, 3.8) is 0 Å². The molecular weight excluding hydrogens is 330 g/mol. The lowest BCUT2D eigenvalue weighted by atomic mass is 10.1. The third-order valence-corrected chi connectivity index (χ3v) is 4.09. The highest BCUT2D eigenvalue weighted by atomic mass is 16.5. The van der Waals surface area contributed by atoms with E-state index in [0.717, 1.165) is 24.2 Å². The molecule has 0 spiro atoms. The van der Waals surface area contributed by atoms with E-state index in [-0.39, 0.29) is 17.7 Å². The Hall–Kier alpha value is -2.71. The molecule has 26 heavy (non-hydrogen) atoms. The van der Waals surface area contributed by atoms with Crippen LogP contribution in [0.4, 0.5) is 0 Å². The first-order valence-electron chi connectivity index (χ1n) is 8.65. The van der Waals surface area contributed by atoms with E-state index in [1.54, 1.807) is 33.1 Å². The van der Waals surface area contributed by atoms with Gasteiger partial charge in [-0.3, -0.25) is 4.79 Å². The fourth-order valence-corrected chi connectivity index (χ4v) is 2.65. The third kappa shape index (κ3) is 4.47. The van der Waals surface area contributed by atoms with Crippen molar-refractivity contribution in [3.8, 4) is 17.6 Å². The summed E-state index contributed by atoms with van der Waals surface area (Å²) >= 11 is 0. The molecule has 5 nitrogen and oxygen atoms in total. The van der Waals surface area contributed by atoms with Gasteiger partial charge in [-0.15, -0.1) is 0 Å². The van der Waals surface area contributed by atoms with Crippen LogP contribution in [0.25, 0.3) is 0 Å². The Morgan fingerprint density at radius 3 is 2.69 bits per heavy atom. The van der Waals surface area contributed by atoms with Gasteiger partial charge in [-0.2, -0.15) is 0 Å². The number of benzene rings is 1. The van der Waals surface area contributed by atoms with Gasteiger partial charge in [0, 0.05) is 11.6 Å². The van der Waals surface area contributed by atoms with Crippen molar-refractivity contribution in [1.29, 1.82) is 0 Å². The van der Waals surface area contributed by atoms with Gasteiger partial charge < -0.3 is 19.2 Å². The van der Waals surface area contributed by atoms with Gasteiger partial charge in [0.2, 0.25) is 0 Å². The van der Waals surface area contributed by atoms with E-state index in [1.807, 2.05) is 29.2 Å². The molecule has 136 valence electrons. The first-order chi connectivity index (χ1) is 12.4. The zero-order valence-electron chi connectivity index (χ0n) is 15.3. The first kappa shape index (κ1) is 18.1. The van der Waals surface area contributed by atoms with E-state index in [2.05, 4.69) is 11.8 Å². The SMILES string of the molecule is COc1ccccc1CN(C(=O)c1ccc(C#CC(C)(C)O)o1)C1CC1. The van der Waals surface area contributed by atoms with Gasteiger partial charge in [-0.25, -0.2) is 0 Å². The fraction of sp³-hybridized carbons (Fsp3) is 0.381. The molecule has 0 bridgehead atoms. The average molecular weight is 353 g/mol. The highest BCUT2D eigenvalue weighted by Crippen LogP contribution is 2.32. The number of aliphatic hydroxyl groups is 1. The number of carbonyl (C=O) groups is 1. The Morgan fingerprint density at radius 2 is 2.04 bits per heavy atom. The summed E-state index contributed by atoms with van der Waals surface area (Å²) in [5.41, 5.74) is -0.148. The molecule has 2 aromatic rings. The molecule has 1 aromatic carbocycles. The molecule has 1 fully saturated rings. The zero-order valence-corrected chi connectivity index (χ0v) is 15.3. The van der Waals surface area contributed by atoms with Gasteiger partial charge in [-0.05, 0) is 50.8 Å². The number of hydrogen-bond donors (Lipinski definition) is 1. The van der Waals surface area contributed by atoms with E-state index in [0.29, 0.717) is 12.3 Å². The molecule has 5 heteroatoms. The Labute approximate surface area is 153 Å². The molecule has 3 rings (SSSR count). The minimum atomic E-state index is -1.11. The van der Waals surface area contributed by atoms with Crippen LogP contribution in [-0.2, 0) is 6.54 Å². The Morgan fingerprint density at radius 1 is 1.31 bits per heavy atom. The van der Waals surface area contributed by atoms with E-state index >= 15 is 0 Å². The van der Waals surface area contributed by atoms with Gasteiger partial charge in [0.1, 0.15) is 11.4 Å². The second-order valence-corrected chi connectivity index (χ2v) is 6.95. The molecule has 1 heterocycles. The quantitative estimate of drug-likeness (QED) is 0.839. The van der Waals surface area contributed by atoms with Crippen LogP contribution in [0.5, 0.6) is 5.75 Å². The number of amides is 1. The maximum Gasteiger partial charge on any atom is 0.290 e. The van der Waals surface area contributed by atoms with Crippen LogP contribution in [0.15, 0.2) is 40.8 Å². The molecule has 1 aliphatic carbocycles. The number of para-hydroxylation sites is 1. The summed E-state index contributed by atoms with van der Waals surface area (Å²) in [6.45, 7) is 3.66. The van der Waals surface area contributed by atoms with Crippen LogP contribution in [0.2, 0.25) is 0 Å². The number of nitrogens with zero attached hydrogens (tertiary/aromatic N) is 1. The van der Waals surface area contributed by atoms with Crippen LogP contribution in [0.1, 0.15) is 48.6 Å². The number of carbonyl (C=O) groups excluding carboxylic acids is 1. The predicted molar refractivity (Wildman–Crippen MR) is 97.8 cm³/mol. The van der Waals surface area contributed by atoms with Crippen molar-refractivity contribution >= 4 is 5.91 Å². The van der Waals surface area contributed by atoms with Gasteiger partial charge in [0.25, 0.3) is 5.91 Å². The second kappa shape index (κ2) is 7.27. The van der Waals surface area contributed by atoms with Gasteiger partial charge in [-0.1, -0.05) is 24.1 Å². The van der Waals surface area contributed by atoms with Crippen LogP contribution in [0.3, 0.4) is 0 Å². The van der Waals surface area contributed by atoms with E-state index in [1.165, 1.54) is 0 Å². The summed E-state index contributed by atoms with van der Waals surface area (Å²) in [5, 5.41) is 9.68. The summed E-state index contributed by atoms with van der Waals surface area (Å²) in [7, 11) is 1.63. The molecule has 0 saturated heterocycles. The Balaban J connectivity index is 1.79. The average Bonchev–Trinajstić information content (AvgIpc) is 3.34. The predicted octanol–water partition coefficient (Wildman–Crippen LogP) is 3.22. The minimum absolute atomic E-state index is 0.158. The lowest BCUT2D eigenvalue weighted by Gasteiger charge is -2.22. The summed E-state index contributed by atoms with van der Waals surface area (Å²) < 4.78 is 11.0. The normalized spacial score (nSPS) is 13.7. The van der Waals surface area contributed by atoms with Crippen LogP contribution in [0, 0.1) is 11.8 Å². The molecular formula is C21H23NO4. The lowest BCUT2D eigenvalue weighted by molar-refractivity contribution is 0.0695. The highest BCUT2D eigenvalue weighted by Gasteiger charge is 2.34. The molecule has 1 aromatic heterocycles. The third-order valence-electron chi connectivity index (χ3n) is 4.09.